The van der Waals surface area contributed by atoms with Gasteiger partial charge in [0.25, 0.3) is 0 Å². The molecule has 0 bridgehead atoms. The van der Waals surface area contributed by atoms with Gasteiger partial charge in [-0.05, 0) is 127 Å². The Balaban J connectivity index is 1.23. The van der Waals surface area contributed by atoms with Crippen molar-refractivity contribution in [2.24, 2.45) is 0 Å². The van der Waals surface area contributed by atoms with Gasteiger partial charge in [0.2, 0.25) is 0 Å². The van der Waals surface area contributed by atoms with Crippen LogP contribution in [0.15, 0.2) is 176 Å². The predicted molar refractivity (Wildman–Crippen MR) is 238 cm³/mol. The first-order valence-electron chi connectivity index (χ1n) is 20.5. The Kier molecular flexibility index (Phi) is 10.1. The van der Waals surface area contributed by atoms with E-state index in [1.165, 1.54) is 36.4 Å². The molecule has 67 heavy (non-hydrogen) atoms. The van der Waals surface area contributed by atoms with Crippen molar-refractivity contribution in [1.82, 2.24) is 4.57 Å². The second-order valence-corrected chi connectivity index (χ2v) is 16.1. The van der Waals surface area contributed by atoms with Crippen molar-refractivity contribution < 1.29 is 52.7 Å². The highest BCUT2D eigenvalue weighted by Gasteiger charge is 2.38. The van der Waals surface area contributed by atoms with Gasteiger partial charge in [0.1, 0.15) is 0 Å². The number of fused-ring (bicyclic) bond motifs is 5. The van der Waals surface area contributed by atoms with Crippen LogP contribution < -0.4 is 0 Å². The molecular weight excluding hydrogens is 891 g/mol. The quantitative estimate of drug-likeness (QED) is 0.152. The summed E-state index contributed by atoms with van der Waals surface area (Å²) < 4.78 is 170. The third-order valence-corrected chi connectivity index (χ3v) is 12.0. The van der Waals surface area contributed by atoms with Crippen LogP contribution in [0.3, 0.4) is 0 Å². The van der Waals surface area contributed by atoms with Crippen molar-refractivity contribution in [3.05, 3.63) is 198 Å². The van der Waals surface area contributed by atoms with E-state index in [1.807, 2.05) is 102 Å². The summed E-state index contributed by atoms with van der Waals surface area (Å²) in [6.45, 7) is 0. The summed E-state index contributed by atoms with van der Waals surface area (Å²) in [6.07, 6.45) is -20.6. The van der Waals surface area contributed by atoms with Crippen LogP contribution in [0.5, 0.6) is 0 Å². The van der Waals surface area contributed by atoms with Gasteiger partial charge in [-0.3, -0.25) is 0 Å². The highest BCUT2D eigenvalue weighted by molar-refractivity contribution is 6.14. The molecule has 0 aliphatic rings. The molecule has 1 aromatic heterocycles. The molecule has 0 unspecified atom stereocenters. The van der Waals surface area contributed by atoms with E-state index >= 15 is 0 Å². The van der Waals surface area contributed by atoms with Gasteiger partial charge in [0.15, 0.2) is 0 Å². The molecule has 0 amide bonds. The minimum absolute atomic E-state index is 0.0136. The maximum absolute atomic E-state index is 14.0. The highest BCUT2D eigenvalue weighted by atomic mass is 19.4. The maximum atomic E-state index is 14.0. The van der Waals surface area contributed by atoms with Crippen LogP contribution in [0.2, 0.25) is 0 Å². The molecular formula is C54H29F12N. The van der Waals surface area contributed by atoms with Crippen LogP contribution in [-0.4, -0.2) is 4.57 Å². The highest BCUT2D eigenvalue weighted by Crippen LogP contribution is 2.46. The van der Waals surface area contributed by atoms with Crippen LogP contribution in [0, 0.1) is 0 Å². The molecule has 0 saturated carbocycles. The van der Waals surface area contributed by atoms with Gasteiger partial charge < -0.3 is 4.57 Å². The van der Waals surface area contributed by atoms with Crippen LogP contribution in [0.25, 0.3) is 93.5 Å². The molecule has 0 N–H and O–H groups in total. The fourth-order valence-electron chi connectivity index (χ4n) is 9.01. The zero-order chi connectivity index (χ0) is 47.2. The number of nitrogens with zero attached hydrogens (tertiary/aromatic N) is 1. The molecule has 0 aliphatic carbocycles. The smallest absolute Gasteiger partial charge is 0.309 e. The van der Waals surface area contributed by atoms with Gasteiger partial charge in [-0.15, -0.1) is 0 Å². The van der Waals surface area contributed by atoms with E-state index in [4.69, 9.17) is 0 Å². The molecule has 10 aromatic rings. The molecule has 1 heterocycles. The van der Waals surface area contributed by atoms with Crippen molar-refractivity contribution in [2.45, 2.75) is 24.7 Å². The standard InChI is InChI=1S/C54H29F12N/c55-51(56,57)35-22-33(23-36(28-35)52(58,59)60)31-16-20-49-46(26-31)47-27-32(34-24-37(53(61,62)63)29-38(25-34)54(64,65)66)17-21-50(47)67(49)48-15-6-5-13-45(48)44-19-18-43(41-11-3-4-12-42(41)44)40-14-7-9-30-8-1-2-10-39(30)40/h1-29H. The Hall–Kier alpha value is -7.54. The molecule has 13 heteroatoms. The molecule has 0 aliphatic heterocycles. The van der Waals surface area contributed by atoms with Gasteiger partial charge in [-0.25, -0.2) is 0 Å². The maximum Gasteiger partial charge on any atom is 0.416 e. The number of rotatable bonds is 5. The minimum atomic E-state index is -5.15. The predicted octanol–water partition coefficient (Wildman–Crippen LogP) is 17.8. The monoisotopic (exact) mass is 919 g/mol. The van der Waals surface area contributed by atoms with Gasteiger partial charge in [-0.1, -0.05) is 109 Å². The summed E-state index contributed by atoms with van der Waals surface area (Å²) in [5.41, 5.74) is -2.30. The first-order valence-corrected chi connectivity index (χ1v) is 20.5. The molecule has 0 radical (unpaired) electrons. The first kappa shape index (κ1) is 43.4. The molecule has 1 nitrogen and oxygen atoms in total. The summed E-state index contributed by atoms with van der Waals surface area (Å²) >= 11 is 0. The fraction of sp³-hybridized carbons (Fsp3) is 0.0741. The van der Waals surface area contributed by atoms with Gasteiger partial charge in [0.05, 0.1) is 39.0 Å². The number of halogens is 12. The molecule has 9 aromatic carbocycles. The van der Waals surface area contributed by atoms with Crippen molar-refractivity contribution in [2.75, 3.05) is 0 Å². The van der Waals surface area contributed by atoms with Crippen molar-refractivity contribution in [3.63, 3.8) is 0 Å². The molecule has 0 fully saturated rings. The van der Waals surface area contributed by atoms with Gasteiger partial charge in [0, 0.05) is 16.3 Å². The number of aromatic nitrogens is 1. The summed E-state index contributed by atoms with van der Waals surface area (Å²) in [5, 5.41) is 4.40. The third-order valence-electron chi connectivity index (χ3n) is 12.0. The van der Waals surface area contributed by atoms with E-state index in [0.29, 0.717) is 46.5 Å². The molecule has 0 spiro atoms. The van der Waals surface area contributed by atoms with Crippen LogP contribution in [-0.2, 0) is 24.7 Å². The van der Waals surface area contributed by atoms with E-state index in [9.17, 15) is 52.7 Å². The number of hydrogen-bond acceptors (Lipinski definition) is 0. The average molecular weight is 920 g/mol. The fourth-order valence-corrected chi connectivity index (χ4v) is 9.01. The lowest BCUT2D eigenvalue weighted by atomic mass is 9.89. The summed E-state index contributed by atoms with van der Waals surface area (Å²) in [5.74, 6) is 0. The molecule has 0 saturated heterocycles. The Morgan fingerprint density at radius 1 is 0.269 bits per heavy atom. The summed E-state index contributed by atoms with van der Waals surface area (Å²) in [7, 11) is 0. The molecule has 0 atom stereocenters. The lowest BCUT2D eigenvalue weighted by molar-refractivity contribution is -0.144. The number of benzene rings is 9. The Bertz CT molecular complexity index is 3390. The molecule has 334 valence electrons. The van der Waals surface area contributed by atoms with Crippen LogP contribution in [0.4, 0.5) is 52.7 Å². The molecule has 10 rings (SSSR count). The Labute approximate surface area is 372 Å². The first-order chi connectivity index (χ1) is 31.7. The summed E-state index contributed by atoms with van der Waals surface area (Å²) in [4.78, 5) is 0. The zero-order valence-corrected chi connectivity index (χ0v) is 34.2. The lowest BCUT2D eigenvalue weighted by Gasteiger charge is -2.18. The van der Waals surface area contributed by atoms with E-state index < -0.39 is 58.1 Å². The van der Waals surface area contributed by atoms with Crippen molar-refractivity contribution in [3.8, 4) is 50.2 Å². The Morgan fingerprint density at radius 2 is 0.642 bits per heavy atom. The number of para-hydroxylation sites is 1. The van der Waals surface area contributed by atoms with Crippen LogP contribution >= 0.6 is 0 Å². The van der Waals surface area contributed by atoms with E-state index in [-0.39, 0.29) is 34.0 Å². The van der Waals surface area contributed by atoms with E-state index in [0.717, 1.165) is 38.2 Å². The minimum Gasteiger partial charge on any atom is -0.309 e. The lowest BCUT2D eigenvalue weighted by Crippen LogP contribution is -2.11. The topological polar surface area (TPSA) is 4.93 Å². The van der Waals surface area contributed by atoms with Crippen molar-refractivity contribution in [1.29, 1.82) is 0 Å². The van der Waals surface area contributed by atoms with Gasteiger partial charge in [-0.2, -0.15) is 52.7 Å². The largest absolute Gasteiger partial charge is 0.416 e. The van der Waals surface area contributed by atoms with E-state index in [2.05, 4.69) is 0 Å². The Morgan fingerprint density at radius 3 is 1.12 bits per heavy atom. The average Bonchev–Trinajstić information content (AvgIpc) is 3.62. The SMILES string of the molecule is FC(F)(F)c1cc(-c2ccc3c(c2)c2cc(-c4cc(C(F)(F)F)cc(C(F)(F)F)c4)ccc2n3-c2ccccc2-c2ccc(-c3cccc4ccccc34)c3ccccc23)cc(C(F)(F)F)c1. The zero-order valence-electron chi connectivity index (χ0n) is 34.2. The number of alkyl halides is 12. The second kappa shape index (κ2) is 15.5. The number of hydrogen-bond donors (Lipinski definition) is 0. The normalized spacial score (nSPS) is 12.8. The van der Waals surface area contributed by atoms with E-state index in [1.54, 1.807) is 6.07 Å². The van der Waals surface area contributed by atoms with Crippen LogP contribution in [0.1, 0.15) is 22.3 Å². The second-order valence-electron chi connectivity index (χ2n) is 16.1. The van der Waals surface area contributed by atoms with Gasteiger partial charge >= 0.3 is 24.7 Å². The summed E-state index contributed by atoms with van der Waals surface area (Å²) in [6, 6.07) is 44.1. The third kappa shape index (κ3) is 7.81. The van der Waals surface area contributed by atoms with Crippen molar-refractivity contribution >= 4 is 43.4 Å².